The highest BCUT2D eigenvalue weighted by Crippen LogP contribution is 2.42. The predicted octanol–water partition coefficient (Wildman–Crippen LogP) is 3.50. The van der Waals surface area contributed by atoms with E-state index in [0.29, 0.717) is 24.2 Å². The third-order valence-electron chi connectivity index (χ3n) is 16.2. The summed E-state index contributed by atoms with van der Waals surface area (Å²) in [7, 11) is 2.34. The molecule has 3 fully saturated rings. The van der Waals surface area contributed by atoms with E-state index in [1.54, 1.807) is 65.2 Å². The second kappa shape index (κ2) is 26.3. The van der Waals surface area contributed by atoms with E-state index in [0.717, 1.165) is 0 Å². The smallest absolute Gasteiger partial charge is 0.341 e. The first-order chi connectivity index (χ1) is 35.9. The molecule has 5 N–H and O–H groups in total. The number of benzene rings is 1. The van der Waals surface area contributed by atoms with Crippen LogP contribution in [-0.4, -0.2) is 194 Å². The van der Waals surface area contributed by atoms with Crippen LogP contribution in [0.3, 0.4) is 0 Å². The Kier molecular flexibility index (Phi) is 21.9. The van der Waals surface area contributed by atoms with Gasteiger partial charge in [-0.2, -0.15) is 8.42 Å². The highest BCUT2D eigenvalue weighted by Gasteiger charge is 2.55. The minimum absolute atomic E-state index is 0.0117. The standard InChI is InChI=1S/C54H87N3O19S/c1-16-40-54(11,65)46(61)31(5)42(58)29(3)26-52(9,68-14)47(75-51-44(60)39(56(12)13)24-30(4)71-51)32(6)45(33(7)50(64)73-40)74-41-27-53(10,69-15)48(34(8)72-41)76-77(66,67)23-21-55-20-22-70-35-18-19-36-38(25-35)57(17-2)28-37(43(36)59)49(62)63/h18-19,25,28-34,39-41,44-48,51,55,60-61,65H,16-17,20-24,26-27H2,1-15H3,(H,62,63)/t29-,30-,31+,32+,33-,34+,39+,40-,41+,44-,45+,46-,47-,48+,51+,52-,53-,54-/m1/s1. The lowest BCUT2D eigenvalue weighted by atomic mass is 9.74. The maximum Gasteiger partial charge on any atom is 0.341 e. The molecule has 438 valence electrons. The molecule has 0 spiro atoms. The number of ketones is 1. The number of hydrogen-bond donors (Lipinski definition) is 5. The highest BCUT2D eigenvalue weighted by atomic mass is 32.2. The number of hydrogen-bond acceptors (Lipinski definition) is 20. The van der Waals surface area contributed by atoms with E-state index in [9.17, 15) is 48.0 Å². The van der Waals surface area contributed by atoms with Crippen molar-refractivity contribution in [2.45, 2.75) is 193 Å². The van der Waals surface area contributed by atoms with E-state index < -0.39 is 129 Å². The Morgan fingerprint density at radius 3 is 2.16 bits per heavy atom. The molecule has 0 saturated carbocycles. The van der Waals surface area contributed by atoms with Crippen LogP contribution < -0.4 is 15.5 Å². The Morgan fingerprint density at radius 1 is 0.909 bits per heavy atom. The predicted molar refractivity (Wildman–Crippen MR) is 283 cm³/mol. The van der Waals surface area contributed by atoms with E-state index in [4.69, 9.17) is 42.1 Å². The Labute approximate surface area is 453 Å². The number of methoxy groups -OCH3 is 2. The number of carbonyl (C=O) groups is 3. The molecule has 0 aliphatic carbocycles. The van der Waals surface area contributed by atoms with Gasteiger partial charge in [-0.1, -0.05) is 27.7 Å². The SMILES string of the molecule is CC[C@H]1OC(=O)[C@H](C)[C@@H](O[C@H]2C[C@@](C)(OC)[C@@H](OS(=O)(=O)CCNCCOc3ccc4c(=O)c(C(=O)O)cn(CC)c4c3)[C@H](C)O2)[C@H](C)[C@@H](O[C@@H]2O[C@H](C)C[C@H](N(C)C)[C@H]2O)[C@](C)(OC)C[C@@H](C)C(=O)[C@H](C)[C@@H](O)[C@]1(C)O. The number of esters is 1. The zero-order valence-electron chi connectivity index (χ0n) is 47.5. The first-order valence-electron chi connectivity index (χ1n) is 26.8. The maximum absolute atomic E-state index is 14.6. The number of aromatic carboxylic acids is 1. The van der Waals surface area contributed by atoms with Crippen LogP contribution in [0.2, 0.25) is 0 Å². The molecular formula is C54H87N3O19S. The van der Waals surface area contributed by atoms with Gasteiger partial charge in [0.2, 0.25) is 5.43 Å². The van der Waals surface area contributed by atoms with Crippen LogP contribution in [-0.2, 0) is 63.6 Å². The lowest BCUT2D eigenvalue weighted by Gasteiger charge is -2.50. The van der Waals surface area contributed by atoms with Gasteiger partial charge in [0.25, 0.3) is 10.1 Å². The first kappa shape index (κ1) is 64.1. The van der Waals surface area contributed by atoms with Crippen molar-refractivity contribution in [2.75, 3.05) is 53.8 Å². The molecule has 4 heterocycles. The Hall–Kier alpha value is -3.69. The van der Waals surface area contributed by atoms with Crippen LogP contribution >= 0.6 is 0 Å². The molecule has 2 aromatic rings. The van der Waals surface area contributed by atoms with Crippen molar-refractivity contribution in [3.63, 3.8) is 0 Å². The number of aryl methyl sites for hydroxylation is 1. The van der Waals surface area contributed by atoms with E-state index in [1.165, 1.54) is 40.3 Å². The number of carbonyl (C=O) groups excluding carboxylic acids is 2. The molecule has 0 unspecified atom stereocenters. The second-order valence-electron chi connectivity index (χ2n) is 22.2. The van der Waals surface area contributed by atoms with E-state index >= 15 is 0 Å². The van der Waals surface area contributed by atoms with Gasteiger partial charge in [-0.15, -0.1) is 0 Å². The van der Waals surface area contributed by atoms with Crippen molar-refractivity contribution < 1.29 is 85.3 Å². The Morgan fingerprint density at radius 2 is 1.56 bits per heavy atom. The first-order valence-corrected chi connectivity index (χ1v) is 28.3. The molecule has 1 aromatic heterocycles. The average Bonchev–Trinajstić information content (AvgIpc) is 3.37. The molecule has 0 amide bonds. The van der Waals surface area contributed by atoms with Gasteiger partial charge in [0.15, 0.2) is 12.6 Å². The molecule has 0 bridgehead atoms. The molecule has 3 aliphatic heterocycles. The topological polar surface area (TPSA) is 287 Å². The van der Waals surface area contributed by atoms with Crippen LogP contribution in [0.1, 0.15) is 112 Å². The van der Waals surface area contributed by atoms with Gasteiger partial charge in [-0.05, 0) is 94.0 Å². The summed E-state index contributed by atoms with van der Waals surface area (Å²) in [5.41, 5.74) is -5.20. The van der Waals surface area contributed by atoms with Crippen molar-refractivity contribution in [1.29, 1.82) is 0 Å². The zero-order valence-corrected chi connectivity index (χ0v) is 48.4. The number of Topliss-reactive ketones (excluding diaryl/α,β-unsaturated/α-hetero) is 1. The number of rotatable bonds is 19. The molecule has 22 nitrogen and oxygen atoms in total. The van der Waals surface area contributed by atoms with Crippen LogP contribution in [0, 0.1) is 23.7 Å². The van der Waals surface area contributed by atoms with Gasteiger partial charge >= 0.3 is 11.9 Å². The summed E-state index contributed by atoms with van der Waals surface area (Å²) in [4.78, 5) is 55.0. The third-order valence-corrected chi connectivity index (χ3v) is 17.4. The lowest BCUT2D eigenvalue weighted by molar-refractivity contribution is -0.317. The number of carboxylic acids is 1. The summed E-state index contributed by atoms with van der Waals surface area (Å²) in [6.07, 6.45) is -9.34. The molecule has 5 rings (SSSR count). The number of fused-ring (bicyclic) bond motifs is 1. The molecule has 18 atom stereocenters. The average molecular weight is 1110 g/mol. The number of nitrogens with zero attached hydrogens (tertiary/aromatic N) is 2. The van der Waals surface area contributed by atoms with Crippen molar-refractivity contribution in [3.05, 3.63) is 40.2 Å². The number of likely N-dealkylation sites (N-methyl/N-ethyl adjacent to an activating group) is 1. The minimum atomic E-state index is -4.23. The maximum atomic E-state index is 14.6. The van der Waals surface area contributed by atoms with Crippen LogP contribution in [0.4, 0.5) is 0 Å². The van der Waals surface area contributed by atoms with Crippen LogP contribution in [0.5, 0.6) is 5.75 Å². The van der Waals surface area contributed by atoms with Crippen molar-refractivity contribution in [1.82, 2.24) is 14.8 Å². The summed E-state index contributed by atoms with van der Waals surface area (Å²) in [5, 5.41) is 48.0. The second-order valence-corrected chi connectivity index (χ2v) is 23.9. The van der Waals surface area contributed by atoms with Gasteiger partial charge in [0.05, 0.1) is 58.9 Å². The normalized spacial score (nSPS) is 37.1. The molecule has 1 aromatic carbocycles. The molecular weight excluding hydrogens is 1030 g/mol. The van der Waals surface area contributed by atoms with E-state index in [2.05, 4.69) is 5.32 Å². The molecule has 0 radical (unpaired) electrons. The number of nitrogens with one attached hydrogen (secondary N) is 1. The molecule has 77 heavy (non-hydrogen) atoms. The summed E-state index contributed by atoms with van der Waals surface area (Å²) in [6.45, 7) is 19.1. The van der Waals surface area contributed by atoms with E-state index in [-0.39, 0.29) is 67.8 Å². The largest absolute Gasteiger partial charge is 0.492 e. The number of aliphatic hydroxyl groups is 3. The fourth-order valence-electron chi connectivity index (χ4n) is 11.4. The number of pyridine rings is 1. The van der Waals surface area contributed by atoms with Crippen molar-refractivity contribution in [2.24, 2.45) is 23.7 Å². The number of aliphatic hydroxyl groups excluding tert-OH is 2. The van der Waals surface area contributed by atoms with Gasteiger partial charge in [-0.3, -0.25) is 18.6 Å². The summed E-state index contributed by atoms with van der Waals surface area (Å²) < 4.78 is 85.6. The number of aromatic nitrogens is 1. The van der Waals surface area contributed by atoms with Crippen LogP contribution in [0.15, 0.2) is 29.2 Å². The van der Waals surface area contributed by atoms with Gasteiger partial charge in [0, 0.05) is 81.7 Å². The summed E-state index contributed by atoms with van der Waals surface area (Å²) in [5.74, 6) is -6.37. The Balaban J connectivity index is 1.37. The molecule has 23 heteroatoms. The monoisotopic (exact) mass is 1110 g/mol. The van der Waals surface area contributed by atoms with Gasteiger partial charge in [-0.25, -0.2) is 4.79 Å². The summed E-state index contributed by atoms with van der Waals surface area (Å²) >= 11 is 0. The number of cyclic esters (lactones) is 1. The third kappa shape index (κ3) is 14.6. The molecule has 3 aliphatic rings. The summed E-state index contributed by atoms with van der Waals surface area (Å²) in [6, 6.07) is 4.36. The number of carboxylic acid groups (broad SMARTS) is 1. The van der Waals surface area contributed by atoms with E-state index in [1.807, 2.05) is 32.8 Å². The van der Waals surface area contributed by atoms with Crippen molar-refractivity contribution in [3.8, 4) is 5.75 Å². The number of ether oxygens (including phenoxy) is 8. The minimum Gasteiger partial charge on any atom is -0.492 e. The quantitative estimate of drug-likeness (QED) is 0.0764. The Bertz CT molecular complexity index is 2510. The fraction of sp³-hybridized carbons (Fsp3) is 0.778. The van der Waals surface area contributed by atoms with Crippen molar-refractivity contribution >= 4 is 38.7 Å². The van der Waals surface area contributed by atoms with Crippen LogP contribution in [0.25, 0.3) is 10.9 Å². The fourth-order valence-corrected chi connectivity index (χ4v) is 12.6. The van der Waals surface area contributed by atoms with Gasteiger partial charge < -0.3 is 73.1 Å². The lowest BCUT2D eigenvalue weighted by Crippen LogP contribution is -2.62. The van der Waals surface area contributed by atoms with Gasteiger partial charge in [0.1, 0.15) is 47.6 Å². The molecule has 3 saturated heterocycles. The highest BCUT2D eigenvalue weighted by molar-refractivity contribution is 7.86. The zero-order chi connectivity index (χ0) is 57.7.